The minimum atomic E-state index is -1.36. The summed E-state index contributed by atoms with van der Waals surface area (Å²) in [7, 11) is 1.50. The fourth-order valence-electron chi connectivity index (χ4n) is 1.69. The lowest BCUT2D eigenvalue weighted by atomic mass is 10.1. The van der Waals surface area contributed by atoms with Crippen LogP contribution in [0.2, 0.25) is 5.02 Å². The van der Waals surface area contributed by atoms with Gasteiger partial charge in [-0.2, -0.15) is 0 Å². The highest BCUT2D eigenvalue weighted by Crippen LogP contribution is 2.28. The second kappa shape index (κ2) is 6.76. The summed E-state index contributed by atoms with van der Waals surface area (Å²) in [6.45, 7) is 1.64. The Hall–Kier alpha value is -2.12. The number of halogens is 1. The Balaban J connectivity index is 2.10. The molecule has 1 amide bonds. The summed E-state index contributed by atoms with van der Waals surface area (Å²) in [5, 5.41) is 15.5. The highest BCUT2D eigenvalue weighted by Gasteiger charge is 2.19. The number of aromatic nitrogens is 1. The van der Waals surface area contributed by atoms with E-state index in [0.717, 1.165) is 11.3 Å². The lowest BCUT2D eigenvalue weighted by Gasteiger charge is -2.11. The van der Waals surface area contributed by atoms with Crippen molar-refractivity contribution in [1.29, 1.82) is 0 Å². The first-order chi connectivity index (χ1) is 10.4. The summed E-state index contributed by atoms with van der Waals surface area (Å²) < 4.78 is 5.03. The number of carboxylic acid groups (broad SMARTS) is 1. The average Bonchev–Trinajstić information content (AvgIpc) is 2.96. The van der Waals surface area contributed by atoms with Gasteiger partial charge in [0.2, 0.25) is 5.91 Å². The van der Waals surface area contributed by atoms with Crippen LogP contribution in [-0.4, -0.2) is 24.0 Å². The lowest BCUT2D eigenvalue weighted by Crippen LogP contribution is -2.23. The zero-order valence-corrected chi connectivity index (χ0v) is 13.3. The summed E-state index contributed by atoms with van der Waals surface area (Å²) in [4.78, 5) is 26.7. The molecule has 0 spiro atoms. The number of aromatic carboxylic acids is 1. The number of benzene rings is 1. The van der Waals surface area contributed by atoms with Crippen molar-refractivity contribution < 1.29 is 19.4 Å². The van der Waals surface area contributed by atoms with Gasteiger partial charge < -0.3 is 20.0 Å². The van der Waals surface area contributed by atoms with Crippen molar-refractivity contribution in [1.82, 2.24) is 4.98 Å². The number of nitrogens with zero attached hydrogens (tertiary/aromatic N) is 1. The Bertz CT molecular complexity index is 717. The predicted molar refractivity (Wildman–Crippen MR) is 81.5 cm³/mol. The molecule has 2 rings (SSSR count). The van der Waals surface area contributed by atoms with E-state index in [2.05, 4.69) is 10.3 Å². The van der Waals surface area contributed by atoms with Gasteiger partial charge in [0.15, 0.2) is 0 Å². The van der Waals surface area contributed by atoms with Crippen LogP contribution in [0.15, 0.2) is 23.6 Å². The highest BCUT2D eigenvalue weighted by atomic mass is 35.5. The van der Waals surface area contributed by atoms with Gasteiger partial charge in [-0.05, 0) is 25.1 Å². The van der Waals surface area contributed by atoms with Gasteiger partial charge in [-0.3, -0.25) is 4.79 Å². The van der Waals surface area contributed by atoms with Crippen LogP contribution in [0.1, 0.15) is 28.3 Å². The molecule has 0 aliphatic rings. The van der Waals surface area contributed by atoms with Crippen LogP contribution in [0, 0.1) is 0 Å². The molecule has 0 aliphatic carbocycles. The molecule has 1 heterocycles. The number of carbonyl (C=O) groups is 2. The zero-order valence-electron chi connectivity index (χ0n) is 11.8. The van der Waals surface area contributed by atoms with Crippen molar-refractivity contribution in [3.05, 3.63) is 39.3 Å². The molecule has 0 saturated carbocycles. The minimum Gasteiger partial charge on any atom is -0.543 e. The standard InChI is InChI=1S/C14H13ClN2O4S/c1-7(13-17-10(6-22-13)14(19)20)12(18)16-8-3-4-11(21-2)9(15)5-8/h3-7H,1-2H3,(H,16,18)(H,19,20)/p-1/t7-/m0/s1. The van der Waals surface area contributed by atoms with Crippen molar-refractivity contribution in [3.63, 3.8) is 0 Å². The van der Waals surface area contributed by atoms with Gasteiger partial charge in [-0.1, -0.05) is 11.6 Å². The highest BCUT2D eigenvalue weighted by molar-refractivity contribution is 7.10. The van der Waals surface area contributed by atoms with Gasteiger partial charge in [0.25, 0.3) is 0 Å². The SMILES string of the molecule is COc1ccc(NC(=O)[C@H](C)c2nc(C(=O)[O-])cs2)cc1Cl. The number of thiazole rings is 1. The van der Waals surface area contributed by atoms with Crippen LogP contribution in [0.25, 0.3) is 0 Å². The molecule has 0 unspecified atom stereocenters. The average molecular weight is 340 g/mol. The van der Waals surface area contributed by atoms with E-state index >= 15 is 0 Å². The van der Waals surface area contributed by atoms with Crippen LogP contribution in [0.4, 0.5) is 5.69 Å². The summed E-state index contributed by atoms with van der Waals surface area (Å²) in [6, 6.07) is 4.86. The van der Waals surface area contributed by atoms with E-state index in [9.17, 15) is 14.7 Å². The van der Waals surface area contributed by atoms with Gasteiger partial charge in [-0.15, -0.1) is 11.3 Å². The van der Waals surface area contributed by atoms with Crippen LogP contribution in [0.5, 0.6) is 5.75 Å². The first-order valence-electron chi connectivity index (χ1n) is 6.23. The molecule has 8 heteroatoms. The van der Waals surface area contributed by atoms with Crippen LogP contribution in [-0.2, 0) is 4.79 Å². The summed E-state index contributed by atoms with van der Waals surface area (Å²) >= 11 is 7.08. The summed E-state index contributed by atoms with van der Waals surface area (Å²) in [5.74, 6) is -1.78. The van der Waals surface area contributed by atoms with E-state index in [0.29, 0.717) is 21.5 Å². The molecule has 0 saturated heterocycles. The maximum absolute atomic E-state index is 12.2. The lowest BCUT2D eigenvalue weighted by molar-refractivity contribution is -0.255. The van der Waals surface area contributed by atoms with Crippen LogP contribution >= 0.6 is 22.9 Å². The topological polar surface area (TPSA) is 91.3 Å². The first kappa shape index (κ1) is 16.3. The number of carboxylic acids is 1. The van der Waals surface area contributed by atoms with Gasteiger partial charge in [0.05, 0.1) is 29.7 Å². The Morgan fingerprint density at radius 2 is 2.18 bits per heavy atom. The third-order valence-electron chi connectivity index (χ3n) is 2.91. The van der Waals surface area contributed by atoms with Crippen LogP contribution < -0.4 is 15.2 Å². The number of carbonyl (C=O) groups excluding carboxylic acids is 2. The quantitative estimate of drug-likeness (QED) is 0.898. The van der Waals surface area contributed by atoms with Gasteiger partial charge in [0, 0.05) is 11.1 Å². The monoisotopic (exact) mass is 339 g/mol. The third-order valence-corrected chi connectivity index (χ3v) is 4.24. The van der Waals surface area contributed by atoms with Crippen molar-refractivity contribution in [2.75, 3.05) is 12.4 Å². The zero-order chi connectivity index (χ0) is 16.3. The van der Waals surface area contributed by atoms with E-state index in [1.165, 1.54) is 12.5 Å². The smallest absolute Gasteiger partial charge is 0.234 e. The first-order valence-corrected chi connectivity index (χ1v) is 7.49. The molecule has 1 atom stereocenters. The molecule has 0 aliphatic heterocycles. The number of ether oxygens (including phenoxy) is 1. The molecule has 1 N–H and O–H groups in total. The maximum Gasteiger partial charge on any atom is 0.234 e. The number of rotatable bonds is 5. The van der Waals surface area contributed by atoms with E-state index in [1.54, 1.807) is 25.1 Å². The van der Waals surface area contributed by atoms with E-state index in [4.69, 9.17) is 16.3 Å². The fraction of sp³-hybridized carbons (Fsp3) is 0.214. The fourth-order valence-corrected chi connectivity index (χ4v) is 2.79. The molecule has 6 nitrogen and oxygen atoms in total. The second-order valence-electron chi connectivity index (χ2n) is 4.42. The summed E-state index contributed by atoms with van der Waals surface area (Å²) in [6.07, 6.45) is 0. The Labute approximate surface area is 135 Å². The Morgan fingerprint density at radius 1 is 1.45 bits per heavy atom. The van der Waals surface area contributed by atoms with Crippen molar-refractivity contribution in [2.45, 2.75) is 12.8 Å². The van der Waals surface area contributed by atoms with Gasteiger partial charge >= 0.3 is 0 Å². The van der Waals surface area contributed by atoms with Crippen molar-refractivity contribution in [2.24, 2.45) is 0 Å². The number of hydrogen-bond donors (Lipinski definition) is 1. The number of nitrogens with one attached hydrogen (secondary N) is 1. The van der Waals surface area contributed by atoms with E-state index in [1.807, 2.05) is 0 Å². The largest absolute Gasteiger partial charge is 0.543 e. The van der Waals surface area contributed by atoms with Gasteiger partial charge in [0.1, 0.15) is 10.8 Å². The number of methoxy groups -OCH3 is 1. The van der Waals surface area contributed by atoms with Crippen molar-refractivity contribution in [3.8, 4) is 5.75 Å². The molecular formula is C14H12ClN2O4S-. The molecule has 0 fully saturated rings. The van der Waals surface area contributed by atoms with Crippen LogP contribution in [0.3, 0.4) is 0 Å². The van der Waals surface area contributed by atoms with E-state index < -0.39 is 11.9 Å². The van der Waals surface area contributed by atoms with Gasteiger partial charge in [-0.25, -0.2) is 4.98 Å². The normalized spacial score (nSPS) is 11.8. The molecule has 22 heavy (non-hydrogen) atoms. The number of anilines is 1. The molecule has 1 aromatic heterocycles. The Morgan fingerprint density at radius 3 is 2.73 bits per heavy atom. The Kier molecular flexibility index (Phi) is 4.99. The molecular weight excluding hydrogens is 328 g/mol. The number of amides is 1. The third kappa shape index (κ3) is 3.55. The second-order valence-corrected chi connectivity index (χ2v) is 5.72. The molecule has 1 aromatic carbocycles. The summed E-state index contributed by atoms with van der Waals surface area (Å²) in [5.41, 5.74) is 0.339. The number of hydrogen-bond acceptors (Lipinski definition) is 6. The maximum atomic E-state index is 12.2. The minimum absolute atomic E-state index is 0.174. The molecule has 0 bridgehead atoms. The molecule has 116 valence electrons. The predicted octanol–water partition coefficient (Wildman–Crippen LogP) is 1.91. The van der Waals surface area contributed by atoms with Crippen molar-refractivity contribution >= 4 is 40.5 Å². The van der Waals surface area contributed by atoms with E-state index in [-0.39, 0.29) is 11.6 Å². The molecule has 0 radical (unpaired) electrons. The molecule has 2 aromatic rings.